The first-order valence-corrected chi connectivity index (χ1v) is 8.11. The first-order chi connectivity index (χ1) is 11.8. The Balaban J connectivity index is 1.86. The van der Waals surface area contributed by atoms with Crippen LogP contribution < -0.4 is 5.32 Å². The van der Waals surface area contributed by atoms with E-state index < -0.39 is 24.2 Å². The summed E-state index contributed by atoms with van der Waals surface area (Å²) in [6.45, 7) is -0.575. The zero-order valence-electron chi connectivity index (χ0n) is 12.5. The SMILES string of the molecule is O=C(COC(=O)c1ccc(Cl)cc1O)Nc1ccc(SC(F)F)cc1. The Morgan fingerprint density at radius 3 is 2.48 bits per heavy atom. The van der Waals surface area contributed by atoms with Crippen LogP contribution in [0, 0.1) is 0 Å². The molecule has 0 saturated heterocycles. The van der Waals surface area contributed by atoms with Crippen LogP contribution in [0.3, 0.4) is 0 Å². The van der Waals surface area contributed by atoms with Crippen molar-refractivity contribution in [2.45, 2.75) is 10.7 Å². The van der Waals surface area contributed by atoms with Gasteiger partial charge in [0.1, 0.15) is 11.3 Å². The fourth-order valence-electron chi connectivity index (χ4n) is 1.80. The predicted molar refractivity (Wildman–Crippen MR) is 90.3 cm³/mol. The molecule has 25 heavy (non-hydrogen) atoms. The minimum atomic E-state index is -2.52. The van der Waals surface area contributed by atoms with Crippen molar-refractivity contribution in [3.8, 4) is 5.75 Å². The standard InChI is InChI=1S/C16H12ClF2NO4S/c17-9-1-6-12(13(21)7-9)15(23)24-8-14(22)20-10-2-4-11(5-3-10)25-16(18)19/h1-7,16,21H,8H2,(H,20,22). The van der Waals surface area contributed by atoms with Crippen molar-refractivity contribution in [1.29, 1.82) is 0 Å². The van der Waals surface area contributed by atoms with Gasteiger partial charge in [0.05, 0.1) is 0 Å². The molecule has 0 aliphatic carbocycles. The van der Waals surface area contributed by atoms with Crippen molar-refractivity contribution in [3.05, 3.63) is 53.1 Å². The van der Waals surface area contributed by atoms with Gasteiger partial charge in [-0.05, 0) is 42.5 Å². The molecule has 0 atom stereocenters. The summed E-state index contributed by atoms with van der Waals surface area (Å²) in [4.78, 5) is 23.9. The van der Waals surface area contributed by atoms with Gasteiger partial charge in [-0.2, -0.15) is 8.78 Å². The number of esters is 1. The van der Waals surface area contributed by atoms with Crippen LogP contribution in [-0.2, 0) is 9.53 Å². The second kappa shape index (κ2) is 8.68. The van der Waals surface area contributed by atoms with Crippen LogP contribution in [0.15, 0.2) is 47.4 Å². The monoisotopic (exact) mass is 387 g/mol. The molecule has 0 aliphatic rings. The van der Waals surface area contributed by atoms with Crippen LogP contribution in [0.2, 0.25) is 5.02 Å². The molecule has 2 N–H and O–H groups in total. The number of alkyl halides is 2. The highest BCUT2D eigenvalue weighted by atomic mass is 35.5. The molecule has 0 aromatic heterocycles. The number of benzene rings is 2. The number of phenolic OH excluding ortho intramolecular Hbond substituents is 1. The van der Waals surface area contributed by atoms with Gasteiger partial charge in [-0.15, -0.1) is 0 Å². The average Bonchev–Trinajstić information content (AvgIpc) is 2.54. The van der Waals surface area contributed by atoms with E-state index in [-0.39, 0.29) is 16.3 Å². The minimum Gasteiger partial charge on any atom is -0.507 e. The van der Waals surface area contributed by atoms with E-state index in [9.17, 15) is 23.5 Å². The quantitative estimate of drug-likeness (QED) is 0.575. The minimum absolute atomic E-state index is 0.120. The van der Waals surface area contributed by atoms with Gasteiger partial charge < -0.3 is 15.2 Å². The molecule has 0 aliphatic heterocycles. The number of ether oxygens (including phenoxy) is 1. The Hall–Kier alpha value is -2.32. The molecule has 132 valence electrons. The summed E-state index contributed by atoms with van der Waals surface area (Å²) in [6.07, 6.45) is 0. The summed E-state index contributed by atoms with van der Waals surface area (Å²) in [6, 6.07) is 9.63. The third-order valence-corrected chi connectivity index (χ3v) is 3.83. The van der Waals surface area contributed by atoms with Gasteiger partial charge in [0, 0.05) is 15.6 Å². The van der Waals surface area contributed by atoms with Crippen LogP contribution in [0.25, 0.3) is 0 Å². The van der Waals surface area contributed by atoms with Crippen molar-refractivity contribution >= 4 is 40.9 Å². The highest BCUT2D eigenvalue weighted by Crippen LogP contribution is 2.26. The molecule has 2 aromatic rings. The molecule has 0 radical (unpaired) electrons. The number of rotatable bonds is 6. The Morgan fingerprint density at radius 1 is 1.20 bits per heavy atom. The maximum absolute atomic E-state index is 12.2. The number of carbonyl (C=O) groups excluding carboxylic acids is 2. The Morgan fingerprint density at radius 2 is 1.88 bits per heavy atom. The van der Waals surface area contributed by atoms with E-state index in [1.807, 2.05) is 0 Å². The molecule has 0 spiro atoms. The first-order valence-electron chi connectivity index (χ1n) is 6.85. The first kappa shape index (κ1) is 19.0. The predicted octanol–water partition coefficient (Wildman–Crippen LogP) is 4.16. The molecule has 9 heteroatoms. The maximum atomic E-state index is 12.2. The van der Waals surface area contributed by atoms with Crippen LogP contribution in [-0.4, -0.2) is 29.3 Å². The summed E-state index contributed by atoms with van der Waals surface area (Å²) in [5, 5.41) is 12.3. The largest absolute Gasteiger partial charge is 0.507 e. The lowest BCUT2D eigenvalue weighted by Crippen LogP contribution is -2.20. The van der Waals surface area contributed by atoms with Gasteiger partial charge in [-0.3, -0.25) is 4.79 Å². The maximum Gasteiger partial charge on any atom is 0.342 e. The summed E-state index contributed by atoms with van der Waals surface area (Å²) in [5.41, 5.74) is 0.250. The van der Waals surface area contributed by atoms with Crippen LogP contribution in [0.1, 0.15) is 10.4 Å². The van der Waals surface area contributed by atoms with E-state index in [1.165, 1.54) is 42.5 Å². The van der Waals surface area contributed by atoms with Gasteiger partial charge in [0.2, 0.25) is 0 Å². The topological polar surface area (TPSA) is 75.6 Å². The Bertz CT molecular complexity index is 771. The number of hydrogen-bond acceptors (Lipinski definition) is 5. The van der Waals surface area contributed by atoms with Gasteiger partial charge in [0.25, 0.3) is 11.7 Å². The highest BCUT2D eigenvalue weighted by molar-refractivity contribution is 7.99. The molecular weight excluding hydrogens is 376 g/mol. The van der Waals surface area contributed by atoms with E-state index in [2.05, 4.69) is 5.32 Å². The summed E-state index contributed by atoms with van der Waals surface area (Å²) in [7, 11) is 0. The average molecular weight is 388 g/mol. The second-order valence-corrected chi connectivity index (χ2v) is 6.19. The fourth-order valence-corrected chi connectivity index (χ4v) is 2.47. The van der Waals surface area contributed by atoms with Crippen LogP contribution >= 0.6 is 23.4 Å². The van der Waals surface area contributed by atoms with E-state index in [4.69, 9.17) is 16.3 Å². The third-order valence-electron chi connectivity index (χ3n) is 2.88. The van der Waals surface area contributed by atoms with Gasteiger partial charge >= 0.3 is 5.97 Å². The lowest BCUT2D eigenvalue weighted by Gasteiger charge is -2.08. The molecule has 2 rings (SSSR count). The molecule has 0 bridgehead atoms. The molecule has 0 fully saturated rings. The van der Waals surface area contributed by atoms with Crippen LogP contribution in [0.4, 0.5) is 14.5 Å². The van der Waals surface area contributed by atoms with Gasteiger partial charge in [0.15, 0.2) is 6.61 Å². The number of nitrogens with one attached hydrogen (secondary N) is 1. The van der Waals surface area contributed by atoms with Gasteiger partial charge in [-0.25, -0.2) is 4.79 Å². The molecule has 2 aromatic carbocycles. The van der Waals surface area contributed by atoms with Crippen molar-refractivity contribution in [1.82, 2.24) is 0 Å². The number of carbonyl (C=O) groups is 2. The van der Waals surface area contributed by atoms with Crippen LogP contribution in [0.5, 0.6) is 5.75 Å². The summed E-state index contributed by atoms with van der Waals surface area (Å²) in [5.74, 6) is -4.38. The normalized spacial score (nSPS) is 10.6. The lowest BCUT2D eigenvalue weighted by molar-refractivity contribution is -0.119. The summed E-state index contributed by atoms with van der Waals surface area (Å²) >= 11 is 6.05. The van der Waals surface area contributed by atoms with Gasteiger partial charge in [-0.1, -0.05) is 23.4 Å². The molecular formula is C16H12ClF2NO4S. The van der Waals surface area contributed by atoms with E-state index >= 15 is 0 Å². The molecule has 0 heterocycles. The smallest absolute Gasteiger partial charge is 0.342 e. The molecule has 0 unspecified atom stereocenters. The number of phenols is 1. The molecule has 5 nitrogen and oxygen atoms in total. The highest BCUT2D eigenvalue weighted by Gasteiger charge is 2.15. The summed E-state index contributed by atoms with van der Waals surface area (Å²) < 4.78 is 29.2. The number of aromatic hydroxyl groups is 1. The number of anilines is 1. The number of halogens is 3. The number of hydrogen-bond donors (Lipinski definition) is 2. The zero-order chi connectivity index (χ0) is 18.4. The van der Waals surface area contributed by atoms with Crippen molar-refractivity contribution in [3.63, 3.8) is 0 Å². The lowest BCUT2D eigenvalue weighted by atomic mass is 10.2. The van der Waals surface area contributed by atoms with E-state index in [0.717, 1.165) is 0 Å². The Labute approximate surface area is 150 Å². The Kier molecular flexibility index (Phi) is 6.60. The van der Waals surface area contributed by atoms with E-state index in [0.29, 0.717) is 22.3 Å². The number of thioether (sulfide) groups is 1. The zero-order valence-corrected chi connectivity index (χ0v) is 14.1. The van der Waals surface area contributed by atoms with E-state index in [1.54, 1.807) is 0 Å². The third kappa shape index (κ3) is 5.91. The van der Waals surface area contributed by atoms with Crippen molar-refractivity contribution in [2.75, 3.05) is 11.9 Å². The number of amides is 1. The molecule has 0 saturated carbocycles. The fraction of sp³-hybridized carbons (Fsp3) is 0.125. The van der Waals surface area contributed by atoms with Crippen molar-refractivity contribution in [2.24, 2.45) is 0 Å². The van der Waals surface area contributed by atoms with Crippen molar-refractivity contribution < 1.29 is 28.2 Å². The molecule has 1 amide bonds. The second-order valence-electron chi connectivity index (χ2n) is 4.69.